The Morgan fingerprint density at radius 2 is 2.30 bits per heavy atom. The smallest absolute Gasteiger partial charge is 0.358 e. The van der Waals surface area contributed by atoms with Crippen LogP contribution in [0.2, 0.25) is 0 Å². The number of carboxylic acid groups (broad SMARTS) is 1. The predicted octanol–water partition coefficient (Wildman–Crippen LogP) is -0.214. The van der Waals surface area contributed by atoms with Gasteiger partial charge >= 0.3 is 5.97 Å². The third-order valence-electron chi connectivity index (χ3n) is 3.12. The zero-order valence-corrected chi connectivity index (χ0v) is 10.7. The lowest BCUT2D eigenvalue weighted by atomic mass is 10.2. The van der Waals surface area contributed by atoms with Gasteiger partial charge in [-0.25, -0.2) is 9.48 Å². The van der Waals surface area contributed by atoms with Crippen molar-refractivity contribution in [3.05, 3.63) is 23.1 Å². The molecule has 2 aromatic rings. The molecule has 0 unspecified atom stereocenters. The summed E-state index contributed by atoms with van der Waals surface area (Å²) >= 11 is 0. The van der Waals surface area contributed by atoms with E-state index < -0.39 is 5.97 Å². The summed E-state index contributed by atoms with van der Waals surface area (Å²) in [5.74, 6) is 0.363. The zero-order valence-electron chi connectivity index (χ0n) is 10.7. The van der Waals surface area contributed by atoms with Crippen molar-refractivity contribution in [2.24, 2.45) is 5.73 Å². The number of rotatable bonds is 6. The first-order chi connectivity index (χ1) is 9.69. The molecule has 9 nitrogen and oxygen atoms in total. The molecule has 106 valence electrons. The lowest BCUT2D eigenvalue weighted by molar-refractivity contribution is 0.0689. The molecule has 3 N–H and O–H groups in total. The summed E-state index contributed by atoms with van der Waals surface area (Å²) in [5.41, 5.74) is 5.88. The average molecular weight is 278 g/mol. The second-order valence-corrected chi connectivity index (χ2v) is 4.71. The number of aromatic nitrogens is 5. The number of hydrogen-bond donors (Lipinski definition) is 2. The minimum absolute atomic E-state index is 0.0821. The van der Waals surface area contributed by atoms with Gasteiger partial charge in [0.1, 0.15) is 6.54 Å². The van der Waals surface area contributed by atoms with Crippen molar-refractivity contribution >= 4 is 5.97 Å². The Morgan fingerprint density at radius 1 is 1.50 bits per heavy atom. The highest BCUT2D eigenvalue weighted by Gasteiger charge is 2.30. The van der Waals surface area contributed by atoms with Crippen molar-refractivity contribution in [2.45, 2.75) is 31.7 Å². The molecule has 0 aromatic carbocycles. The highest BCUT2D eigenvalue weighted by Crippen LogP contribution is 2.38. The highest BCUT2D eigenvalue weighted by molar-refractivity contribution is 5.86. The topological polar surface area (TPSA) is 133 Å². The maximum Gasteiger partial charge on any atom is 0.358 e. The van der Waals surface area contributed by atoms with Gasteiger partial charge in [-0.05, 0) is 19.4 Å². The van der Waals surface area contributed by atoms with Crippen LogP contribution in [0.4, 0.5) is 0 Å². The molecule has 0 bridgehead atoms. The molecule has 9 heteroatoms. The minimum atomic E-state index is -1.12. The maximum atomic E-state index is 11.1. The van der Waals surface area contributed by atoms with Gasteiger partial charge in [0.2, 0.25) is 5.89 Å². The van der Waals surface area contributed by atoms with Gasteiger partial charge in [-0.3, -0.25) is 0 Å². The third-order valence-corrected chi connectivity index (χ3v) is 3.12. The Hall–Kier alpha value is -2.29. The number of nitrogens with zero attached hydrogens (tertiary/aromatic N) is 5. The highest BCUT2D eigenvalue weighted by atomic mass is 16.5. The summed E-state index contributed by atoms with van der Waals surface area (Å²) in [6, 6.07) is 0. The maximum absolute atomic E-state index is 11.1. The monoisotopic (exact) mass is 278 g/mol. The van der Waals surface area contributed by atoms with Crippen molar-refractivity contribution in [1.82, 2.24) is 25.1 Å². The summed E-state index contributed by atoms with van der Waals surface area (Å²) in [7, 11) is 0. The molecule has 1 aliphatic rings. The van der Waals surface area contributed by atoms with Gasteiger partial charge in [-0.1, -0.05) is 10.4 Å². The summed E-state index contributed by atoms with van der Waals surface area (Å²) < 4.78 is 6.61. The minimum Gasteiger partial charge on any atom is -0.476 e. The van der Waals surface area contributed by atoms with Gasteiger partial charge in [0.15, 0.2) is 11.5 Å². The number of carboxylic acids is 1. The summed E-state index contributed by atoms with van der Waals surface area (Å²) in [6.45, 7) is 0.541. The molecule has 1 saturated carbocycles. The van der Waals surface area contributed by atoms with E-state index in [9.17, 15) is 4.79 Å². The van der Waals surface area contributed by atoms with E-state index in [1.165, 1.54) is 4.68 Å². The van der Waals surface area contributed by atoms with Crippen LogP contribution >= 0.6 is 0 Å². The van der Waals surface area contributed by atoms with E-state index in [4.69, 9.17) is 15.4 Å². The van der Waals surface area contributed by atoms with Crippen LogP contribution in [0.5, 0.6) is 0 Å². The normalized spacial score (nSPS) is 14.7. The van der Waals surface area contributed by atoms with E-state index in [2.05, 4.69) is 20.5 Å². The molecule has 0 saturated heterocycles. The van der Waals surface area contributed by atoms with Crippen molar-refractivity contribution in [1.29, 1.82) is 0 Å². The van der Waals surface area contributed by atoms with Crippen molar-refractivity contribution in [3.63, 3.8) is 0 Å². The first-order valence-electron chi connectivity index (χ1n) is 6.37. The molecule has 0 spiro atoms. The average Bonchev–Trinajstić information content (AvgIpc) is 3.04. The van der Waals surface area contributed by atoms with Crippen LogP contribution in [0.15, 0.2) is 4.52 Å². The van der Waals surface area contributed by atoms with Gasteiger partial charge in [-0.15, -0.1) is 5.10 Å². The molecule has 0 radical (unpaired) electrons. The predicted molar refractivity (Wildman–Crippen MR) is 65.1 cm³/mol. The van der Waals surface area contributed by atoms with E-state index >= 15 is 0 Å². The number of aromatic carboxylic acids is 1. The van der Waals surface area contributed by atoms with Crippen LogP contribution in [0, 0.1) is 0 Å². The second-order valence-electron chi connectivity index (χ2n) is 4.71. The molecular formula is C11H14N6O3. The van der Waals surface area contributed by atoms with E-state index in [1.807, 2.05) is 0 Å². The fourth-order valence-corrected chi connectivity index (χ4v) is 1.97. The van der Waals surface area contributed by atoms with E-state index in [1.54, 1.807) is 0 Å². The fraction of sp³-hybridized carbons (Fsp3) is 0.545. The van der Waals surface area contributed by atoms with E-state index in [0.717, 1.165) is 12.8 Å². The molecule has 0 aliphatic heterocycles. The molecule has 1 fully saturated rings. The second kappa shape index (κ2) is 5.00. The van der Waals surface area contributed by atoms with Crippen molar-refractivity contribution in [2.75, 3.05) is 6.54 Å². The first kappa shape index (κ1) is 12.7. The number of carbonyl (C=O) groups is 1. The van der Waals surface area contributed by atoms with E-state index in [0.29, 0.717) is 36.3 Å². The summed E-state index contributed by atoms with van der Waals surface area (Å²) in [4.78, 5) is 15.3. The zero-order chi connectivity index (χ0) is 14.1. The number of hydrogen-bond acceptors (Lipinski definition) is 7. The molecule has 0 amide bonds. The Bertz CT molecular complexity index is 630. The largest absolute Gasteiger partial charge is 0.476 e. The Balaban J connectivity index is 1.83. The Kier molecular flexibility index (Phi) is 3.18. The fourth-order valence-electron chi connectivity index (χ4n) is 1.97. The lowest BCUT2D eigenvalue weighted by Crippen LogP contribution is -2.14. The summed E-state index contributed by atoms with van der Waals surface area (Å²) in [5, 5.41) is 20.4. The molecule has 20 heavy (non-hydrogen) atoms. The molecule has 2 heterocycles. The lowest BCUT2D eigenvalue weighted by Gasteiger charge is -2.02. The summed E-state index contributed by atoms with van der Waals surface area (Å²) in [6.07, 6.45) is 2.53. The van der Waals surface area contributed by atoms with Gasteiger partial charge in [0, 0.05) is 12.3 Å². The van der Waals surface area contributed by atoms with Crippen LogP contribution < -0.4 is 5.73 Å². The van der Waals surface area contributed by atoms with E-state index in [-0.39, 0.29) is 12.2 Å². The van der Waals surface area contributed by atoms with Crippen LogP contribution in [0.1, 0.15) is 46.7 Å². The Morgan fingerprint density at radius 3 is 2.95 bits per heavy atom. The number of nitrogens with two attached hydrogens (primary N) is 1. The first-order valence-corrected chi connectivity index (χ1v) is 6.37. The molecule has 0 atom stereocenters. The third kappa shape index (κ3) is 2.39. The molecule has 3 rings (SSSR count). The van der Waals surface area contributed by atoms with Crippen LogP contribution in [0.3, 0.4) is 0 Å². The van der Waals surface area contributed by atoms with Crippen LogP contribution in [-0.2, 0) is 13.0 Å². The van der Waals surface area contributed by atoms with Crippen LogP contribution in [0.25, 0.3) is 0 Å². The van der Waals surface area contributed by atoms with Gasteiger partial charge in [0.05, 0.1) is 5.69 Å². The van der Waals surface area contributed by atoms with Gasteiger partial charge in [0.25, 0.3) is 0 Å². The van der Waals surface area contributed by atoms with Gasteiger partial charge < -0.3 is 15.4 Å². The standard InChI is InChI=1S/C11H14N6O3/c12-4-3-7-9(11(18)19)14-16-17(7)5-8-13-10(20-15-8)6-1-2-6/h6H,1-5,12H2,(H,18,19). The molecular weight excluding hydrogens is 264 g/mol. The van der Waals surface area contributed by atoms with Gasteiger partial charge in [-0.2, -0.15) is 4.98 Å². The quantitative estimate of drug-likeness (QED) is 0.741. The SMILES string of the molecule is NCCc1c(C(=O)O)nnn1Cc1noc(C2CC2)n1. The Labute approximate surface area is 113 Å². The molecule has 1 aliphatic carbocycles. The van der Waals surface area contributed by atoms with Crippen LogP contribution in [-0.4, -0.2) is 42.8 Å². The van der Waals surface area contributed by atoms with Crippen molar-refractivity contribution in [3.8, 4) is 0 Å². The van der Waals surface area contributed by atoms with Crippen molar-refractivity contribution < 1.29 is 14.4 Å². The molecule has 2 aromatic heterocycles.